The van der Waals surface area contributed by atoms with E-state index in [2.05, 4.69) is 16.0 Å². The highest BCUT2D eigenvalue weighted by molar-refractivity contribution is 6.00. The van der Waals surface area contributed by atoms with Gasteiger partial charge in [-0.15, -0.1) is 0 Å². The molecule has 11 unspecified atom stereocenters. The Kier molecular flexibility index (Phi) is 18.3. The van der Waals surface area contributed by atoms with Crippen molar-refractivity contribution in [3.63, 3.8) is 0 Å². The van der Waals surface area contributed by atoms with Crippen LogP contribution < -0.4 is 16.0 Å². The van der Waals surface area contributed by atoms with Gasteiger partial charge >= 0.3 is 11.9 Å². The normalized spacial score (nSPS) is 27.8. The van der Waals surface area contributed by atoms with Crippen LogP contribution in [0.5, 0.6) is 0 Å². The Labute approximate surface area is 417 Å². The van der Waals surface area contributed by atoms with Crippen LogP contribution in [0.4, 0.5) is 0 Å². The van der Waals surface area contributed by atoms with Gasteiger partial charge in [0.1, 0.15) is 54.2 Å². The quantitative estimate of drug-likeness (QED) is 0.142. The smallest absolute Gasteiger partial charge is 0.355 e. The molecule has 0 aromatic heterocycles. The first-order valence-corrected chi connectivity index (χ1v) is 24.5. The number of benzene rings is 2. The van der Waals surface area contributed by atoms with E-state index in [0.29, 0.717) is 24.0 Å². The Morgan fingerprint density at radius 1 is 0.833 bits per heavy atom. The molecular formula is C51H67N7O14. The van der Waals surface area contributed by atoms with E-state index in [9.17, 15) is 63.6 Å². The molecule has 390 valence electrons. The Morgan fingerprint density at radius 3 is 2.12 bits per heavy atom. The van der Waals surface area contributed by atoms with Gasteiger partial charge in [0.05, 0.1) is 24.6 Å². The molecule has 2 aromatic rings. The van der Waals surface area contributed by atoms with Crippen molar-refractivity contribution in [1.82, 2.24) is 35.6 Å². The van der Waals surface area contributed by atoms with Crippen LogP contribution in [0.25, 0.3) is 0 Å². The third-order valence-electron chi connectivity index (χ3n) is 14.2. The third kappa shape index (κ3) is 12.8. The van der Waals surface area contributed by atoms with E-state index in [0.717, 1.165) is 15.9 Å². The van der Waals surface area contributed by atoms with E-state index in [-0.39, 0.29) is 45.2 Å². The van der Waals surface area contributed by atoms with Gasteiger partial charge in [-0.2, -0.15) is 0 Å². The zero-order valence-electron chi connectivity index (χ0n) is 41.2. The Hall–Kier alpha value is -6.71. The fraction of sp³-hybridized carbons (Fsp3) is 0.549. The predicted octanol–water partition coefficient (Wildman–Crippen LogP) is -0.354. The maximum Gasteiger partial charge on any atom is 0.355 e. The number of aliphatic hydroxyl groups excluding tert-OH is 3. The van der Waals surface area contributed by atoms with Crippen LogP contribution in [0.3, 0.4) is 0 Å². The largest absolute Gasteiger partial charge is 0.481 e. The number of fused-ring (bicyclic) bond motifs is 3. The standard InChI is InChI=1S/C51H67N7O14/c1-28(2)34(50(69)70)25-41(61)55(5)37(23-32-16-10-7-11-17-32)45(64)54-43-30(4)72-51(71)39-26-40(60)44(63)29(3)58(39)49(68)36-18-12-13-20-57(36)48(67)35(22-31-14-8-6-9-15-31)53-46(65)38-24-33(59)19-21-56(38)42(62)27-52-47(43)66/h6-11,14-17,26,28-30,33-38,40,43-44,59-60,63H,12-13,18-25,27H2,1-5H3,(H,52,66)(H,53,65)(H,54,64)(H,69,70). The number of nitrogens with one attached hydrogen (secondary N) is 3. The summed E-state index contributed by atoms with van der Waals surface area (Å²) >= 11 is 0. The maximum absolute atomic E-state index is 15.0. The second-order valence-electron chi connectivity index (χ2n) is 19.5. The lowest BCUT2D eigenvalue weighted by Gasteiger charge is -2.44. The lowest BCUT2D eigenvalue weighted by Crippen LogP contribution is -2.63. The van der Waals surface area contributed by atoms with Crippen molar-refractivity contribution < 1.29 is 68.3 Å². The Bertz CT molecular complexity index is 2370. The van der Waals surface area contributed by atoms with Crippen LogP contribution >= 0.6 is 0 Å². The highest BCUT2D eigenvalue weighted by Gasteiger charge is 2.47. The second-order valence-corrected chi connectivity index (χ2v) is 19.5. The molecule has 0 radical (unpaired) electrons. The fourth-order valence-corrected chi connectivity index (χ4v) is 9.78. The summed E-state index contributed by atoms with van der Waals surface area (Å²) in [7, 11) is 1.32. The first-order chi connectivity index (χ1) is 34.2. The van der Waals surface area contributed by atoms with E-state index < -0.39 is 144 Å². The molecule has 21 nitrogen and oxygen atoms in total. The topological polar surface area (TPSA) is 293 Å². The van der Waals surface area contributed by atoms with E-state index in [1.807, 2.05) is 0 Å². The summed E-state index contributed by atoms with van der Waals surface area (Å²) in [5.74, 6) is -9.72. The van der Waals surface area contributed by atoms with E-state index in [1.54, 1.807) is 74.5 Å². The van der Waals surface area contributed by atoms with Crippen molar-refractivity contribution in [2.45, 2.75) is 140 Å². The molecule has 4 aliphatic heterocycles. The number of hydrogen-bond donors (Lipinski definition) is 7. The van der Waals surface area contributed by atoms with Gasteiger partial charge in [0.25, 0.3) is 0 Å². The molecular weight excluding hydrogens is 935 g/mol. The number of amides is 7. The average molecular weight is 1000 g/mol. The van der Waals surface area contributed by atoms with Gasteiger partial charge in [-0.25, -0.2) is 4.79 Å². The van der Waals surface area contributed by atoms with Gasteiger partial charge in [-0.05, 0) is 62.7 Å². The SMILES string of the molecule is CC(C)C(CC(=O)N(C)C(Cc1ccccc1)C(=O)NC1C(=O)NCC(=O)N2CCC(O)CC2C(=O)NC(Cc2ccccc2)C(=O)N2CCCCC2C(=O)N2C(=CC(O)C(O)C2C)C(=O)OC1C)C(=O)O. The minimum absolute atomic E-state index is 0.0352. The molecule has 4 aliphatic rings. The summed E-state index contributed by atoms with van der Waals surface area (Å²) in [6.07, 6.45) is -4.73. The van der Waals surface area contributed by atoms with Crippen molar-refractivity contribution in [2.75, 3.05) is 26.7 Å². The summed E-state index contributed by atoms with van der Waals surface area (Å²) in [6.45, 7) is 5.11. The molecule has 72 heavy (non-hydrogen) atoms. The Morgan fingerprint density at radius 2 is 1.49 bits per heavy atom. The second kappa shape index (κ2) is 24.1. The van der Waals surface area contributed by atoms with E-state index in [4.69, 9.17) is 4.74 Å². The van der Waals surface area contributed by atoms with E-state index in [1.165, 1.54) is 30.7 Å². The van der Waals surface area contributed by atoms with Crippen molar-refractivity contribution >= 4 is 53.3 Å². The highest BCUT2D eigenvalue weighted by Crippen LogP contribution is 2.30. The molecule has 0 spiro atoms. The number of aliphatic hydroxyl groups is 3. The number of nitrogens with zero attached hydrogens (tertiary/aromatic N) is 4. The van der Waals surface area contributed by atoms with Crippen LogP contribution in [0.1, 0.15) is 77.3 Å². The molecule has 0 bridgehead atoms. The molecule has 3 fully saturated rings. The third-order valence-corrected chi connectivity index (χ3v) is 14.2. The predicted molar refractivity (Wildman–Crippen MR) is 256 cm³/mol. The fourth-order valence-electron chi connectivity index (χ4n) is 9.78. The number of hydrogen-bond acceptors (Lipinski definition) is 13. The van der Waals surface area contributed by atoms with Gasteiger partial charge < -0.3 is 55.8 Å². The number of rotatable bonds is 11. The zero-order chi connectivity index (χ0) is 52.6. The minimum Gasteiger partial charge on any atom is -0.481 e. The summed E-state index contributed by atoms with van der Waals surface area (Å²) in [6, 6.07) is 8.97. The lowest BCUT2D eigenvalue weighted by molar-refractivity contribution is -0.159. The molecule has 2 aromatic carbocycles. The zero-order valence-corrected chi connectivity index (χ0v) is 41.2. The number of carbonyl (C=O) groups is 9. The molecule has 4 heterocycles. The first kappa shape index (κ1) is 54.6. The van der Waals surface area contributed by atoms with Gasteiger partial charge in [0.2, 0.25) is 41.4 Å². The first-order valence-electron chi connectivity index (χ1n) is 24.5. The number of piperidine rings is 2. The number of esters is 1. The molecule has 11 atom stereocenters. The molecule has 3 saturated heterocycles. The molecule has 6 rings (SSSR count). The van der Waals surface area contributed by atoms with Crippen LogP contribution in [0, 0.1) is 11.8 Å². The van der Waals surface area contributed by atoms with Crippen LogP contribution in [0.2, 0.25) is 0 Å². The van der Waals surface area contributed by atoms with Crippen molar-refractivity contribution in [1.29, 1.82) is 0 Å². The van der Waals surface area contributed by atoms with Crippen molar-refractivity contribution in [3.8, 4) is 0 Å². The number of carbonyl (C=O) groups excluding carboxylic acids is 8. The minimum atomic E-state index is -1.84. The van der Waals surface area contributed by atoms with Gasteiger partial charge in [0.15, 0.2) is 0 Å². The summed E-state index contributed by atoms with van der Waals surface area (Å²) in [5.41, 5.74) is 0.704. The number of carboxylic acid groups (broad SMARTS) is 1. The Balaban J connectivity index is 1.41. The number of cyclic esters (lactones) is 1. The summed E-state index contributed by atoms with van der Waals surface area (Å²) < 4.78 is 5.87. The number of carboxylic acids is 1. The molecule has 7 amide bonds. The number of ether oxygens (including phenoxy) is 1. The monoisotopic (exact) mass is 1000 g/mol. The molecule has 7 N–H and O–H groups in total. The molecule has 0 saturated carbocycles. The molecule has 21 heteroatoms. The van der Waals surface area contributed by atoms with Crippen LogP contribution in [0.15, 0.2) is 72.4 Å². The molecule has 0 aliphatic carbocycles. The maximum atomic E-state index is 15.0. The van der Waals surface area contributed by atoms with Crippen molar-refractivity contribution in [2.24, 2.45) is 11.8 Å². The van der Waals surface area contributed by atoms with E-state index >= 15 is 0 Å². The summed E-state index contributed by atoms with van der Waals surface area (Å²) in [4.78, 5) is 132. The van der Waals surface area contributed by atoms with Gasteiger partial charge in [-0.3, -0.25) is 43.3 Å². The average Bonchev–Trinajstić information content (AvgIpc) is 3.36. The number of aliphatic carboxylic acids is 1. The van der Waals surface area contributed by atoms with Gasteiger partial charge in [-0.1, -0.05) is 74.5 Å². The van der Waals surface area contributed by atoms with Gasteiger partial charge in [0, 0.05) is 45.8 Å². The van der Waals surface area contributed by atoms with Crippen LogP contribution in [-0.4, -0.2) is 181 Å². The van der Waals surface area contributed by atoms with Crippen LogP contribution in [-0.2, 0) is 60.7 Å². The summed E-state index contributed by atoms with van der Waals surface area (Å²) in [5, 5.41) is 50.6. The lowest BCUT2D eigenvalue weighted by atomic mass is 9.91. The highest BCUT2D eigenvalue weighted by atomic mass is 16.5. The number of likely N-dealkylation sites (N-methyl/N-ethyl adjacent to an activating group) is 1. The van der Waals surface area contributed by atoms with Crippen molar-refractivity contribution in [3.05, 3.63) is 83.6 Å².